The van der Waals surface area contributed by atoms with Gasteiger partial charge in [0.15, 0.2) is 5.69 Å². The van der Waals surface area contributed by atoms with Crippen LogP contribution in [0.2, 0.25) is 0 Å². The molecular formula is C9H11N3O3. The van der Waals surface area contributed by atoms with Crippen molar-refractivity contribution in [2.24, 2.45) is 5.73 Å². The van der Waals surface area contributed by atoms with Gasteiger partial charge in [0.1, 0.15) is 5.82 Å². The van der Waals surface area contributed by atoms with Crippen molar-refractivity contribution in [1.82, 2.24) is 9.97 Å². The van der Waals surface area contributed by atoms with Gasteiger partial charge in [-0.25, -0.2) is 14.8 Å². The highest BCUT2D eigenvalue weighted by atomic mass is 16.5. The highest BCUT2D eigenvalue weighted by Crippen LogP contribution is 1.99. The third-order valence-electron chi connectivity index (χ3n) is 1.52. The molecule has 6 heteroatoms. The third kappa shape index (κ3) is 3.34. The van der Waals surface area contributed by atoms with Crippen molar-refractivity contribution >= 4 is 11.9 Å². The summed E-state index contributed by atoms with van der Waals surface area (Å²) in [6, 6.07) is 1.42. The molecule has 0 spiro atoms. The maximum atomic E-state index is 11.3. The van der Waals surface area contributed by atoms with Gasteiger partial charge >= 0.3 is 5.97 Å². The first kappa shape index (κ1) is 11.1. The van der Waals surface area contributed by atoms with Crippen molar-refractivity contribution in [2.75, 3.05) is 6.61 Å². The van der Waals surface area contributed by atoms with Crippen LogP contribution in [-0.4, -0.2) is 28.5 Å². The zero-order valence-electron chi connectivity index (χ0n) is 8.27. The van der Waals surface area contributed by atoms with Crippen LogP contribution in [0.4, 0.5) is 0 Å². The van der Waals surface area contributed by atoms with E-state index in [2.05, 4.69) is 9.97 Å². The fraction of sp³-hybridized carbons (Fsp3) is 0.333. The topological polar surface area (TPSA) is 95.2 Å². The van der Waals surface area contributed by atoms with E-state index in [4.69, 9.17) is 10.5 Å². The average molecular weight is 209 g/mol. The fourth-order valence-corrected chi connectivity index (χ4v) is 0.959. The number of nitrogens with zero attached hydrogens (tertiary/aromatic N) is 2. The number of amides is 1. The summed E-state index contributed by atoms with van der Waals surface area (Å²) in [4.78, 5) is 29.5. The first-order valence-corrected chi connectivity index (χ1v) is 4.40. The second-order valence-electron chi connectivity index (χ2n) is 2.72. The molecule has 0 radical (unpaired) electrons. The highest BCUT2D eigenvalue weighted by molar-refractivity contribution is 5.87. The van der Waals surface area contributed by atoms with Gasteiger partial charge in [-0.2, -0.15) is 0 Å². The summed E-state index contributed by atoms with van der Waals surface area (Å²) in [5.41, 5.74) is 5.10. The van der Waals surface area contributed by atoms with Gasteiger partial charge in [-0.05, 0) is 13.0 Å². The lowest BCUT2D eigenvalue weighted by molar-refractivity contribution is -0.117. The average Bonchev–Trinajstić information content (AvgIpc) is 2.17. The predicted molar refractivity (Wildman–Crippen MR) is 50.9 cm³/mol. The molecule has 0 aliphatic carbocycles. The minimum Gasteiger partial charge on any atom is -0.461 e. The Labute approximate surface area is 86.5 Å². The molecule has 1 aromatic rings. The quantitative estimate of drug-likeness (QED) is 0.686. The van der Waals surface area contributed by atoms with Gasteiger partial charge in [0, 0.05) is 6.20 Å². The third-order valence-corrected chi connectivity index (χ3v) is 1.52. The normalized spacial score (nSPS) is 9.67. The molecule has 1 amide bonds. The number of hydrogen-bond donors (Lipinski definition) is 1. The Hall–Kier alpha value is -1.98. The van der Waals surface area contributed by atoms with Gasteiger partial charge in [0.05, 0.1) is 13.0 Å². The summed E-state index contributed by atoms with van der Waals surface area (Å²) in [6.45, 7) is 1.97. The van der Waals surface area contributed by atoms with Gasteiger partial charge in [-0.1, -0.05) is 0 Å². The maximum Gasteiger partial charge on any atom is 0.357 e. The molecule has 0 aliphatic rings. The fourth-order valence-electron chi connectivity index (χ4n) is 0.959. The van der Waals surface area contributed by atoms with E-state index in [1.54, 1.807) is 6.92 Å². The molecule has 0 aliphatic heterocycles. The first-order valence-electron chi connectivity index (χ1n) is 4.40. The molecule has 2 N–H and O–H groups in total. The van der Waals surface area contributed by atoms with E-state index in [1.165, 1.54) is 12.3 Å². The van der Waals surface area contributed by atoms with Crippen LogP contribution in [0.15, 0.2) is 12.3 Å². The Morgan fingerprint density at radius 2 is 2.27 bits per heavy atom. The Bertz CT molecular complexity index is 379. The molecule has 1 rings (SSSR count). The molecule has 0 fully saturated rings. The zero-order chi connectivity index (χ0) is 11.3. The molecule has 0 unspecified atom stereocenters. The van der Waals surface area contributed by atoms with Crippen LogP contribution in [-0.2, 0) is 16.0 Å². The van der Waals surface area contributed by atoms with Gasteiger partial charge in [0.2, 0.25) is 5.91 Å². The van der Waals surface area contributed by atoms with Crippen LogP contribution in [0.1, 0.15) is 23.2 Å². The van der Waals surface area contributed by atoms with Gasteiger partial charge in [0.25, 0.3) is 0 Å². The molecule has 15 heavy (non-hydrogen) atoms. The van der Waals surface area contributed by atoms with E-state index in [-0.39, 0.29) is 24.5 Å². The van der Waals surface area contributed by atoms with Crippen molar-refractivity contribution in [2.45, 2.75) is 13.3 Å². The van der Waals surface area contributed by atoms with E-state index in [1.807, 2.05) is 0 Å². The minimum atomic E-state index is -0.545. The van der Waals surface area contributed by atoms with E-state index in [0.29, 0.717) is 0 Å². The molecule has 0 aromatic carbocycles. The maximum absolute atomic E-state index is 11.3. The second-order valence-corrected chi connectivity index (χ2v) is 2.72. The number of carbonyl (C=O) groups is 2. The predicted octanol–water partition coefficient (Wildman–Crippen LogP) is -0.319. The molecule has 0 atom stereocenters. The summed E-state index contributed by atoms with van der Waals surface area (Å²) < 4.78 is 4.74. The first-order chi connectivity index (χ1) is 7.13. The lowest BCUT2D eigenvalue weighted by Crippen LogP contribution is -2.17. The van der Waals surface area contributed by atoms with E-state index < -0.39 is 11.9 Å². The number of primary amides is 1. The lowest BCUT2D eigenvalue weighted by Gasteiger charge is -2.01. The van der Waals surface area contributed by atoms with Crippen LogP contribution in [0.25, 0.3) is 0 Å². The molecular weight excluding hydrogens is 198 g/mol. The van der Waals surface area contributed by atoms with Crippen molar-refractivity contribution in [3.05, 3.63) is 23.8 Å². The molecule has 6 nitrogen and oxygen atoms in total. The number of ether oxygens (including phenoxy) is 1. The number of hydrogen-bond acceptors (Lipinski definition) is 5. The molecule has 0 saturated carbocycles. The van der Waals surface area contributed by atoms with E-state index in [0.717, 1.165) is 0 Å². The standard InChI is InChI=1S/C9H11N3O3/c1-2-15-9(14)6-3-4-11-8(12-6)5-7(10)13/h3-4H,2,5H2,1H3,(H2,10,13). The minimum absolute atomic E-state index is 0.0900. The summed E-state index contributed by atoms with van der Waals surface area (Å²) in [5.74, 6) is -0.866. The Kier molecular flexibility index (Phi) is 3.73. The number of nitrogens with two attached hydrogens (primary N) is 1. The van der Waals surface area contributed by atoms with Crippen molar-refractivity contribution in [3.63, 3.8) is 0 Å². The zero-order valence-corrected chi connectivity index (χ0v) is 8.27. The highest BCUT2D eigenvalue weighted by Gasteiger charge is 2.10. The molecule has 1 aromatic heterocycles. The summed E-state index contributed by atoms with van der Waals surface area (Å²) in [6.07, 6.45) is 1.30. The Morgan fingerprint density at radius 1 is 1.53 bits per heavy atom. The van der Waals surface area contributed by atoms with Crippen molar-refractivity contribution in [1.29, 1.82) is 0 Å². The van der Waals surface area contributed by atoms with Crippen LogP contribution < -0.4 is 5.73 Å². The van der Waals surface area contributed by atoms with Crippen LogP contribution in [0, 0.1) is 0 Å². The summed E-state index contributed by atoms with van der Waals surface area (Å²) in [5, 5.41) is 0. The van der Waals surface area contributed by atoms with Crippen molar-refractivity contribution < 1.29 is 14.3 Å². The van der Waals surface area contributed by atoms with E-state index in [9.17, 15) is 9.59 Å². The smallest absolute Gasteiger partial charge is 0.357 e. The summed E-state index contributed by atoms with van der Waals surface area (Å²) >= 11 is 0. The summed E-state index contributed by atoms with van der Waals surface area (Å²) in [7, 11) is 0. The van der Waals surface area contributed by atoms with Crippen LogP contribution >= 0.6 is 0 Å². The SMILES string of the molecule is CCOC(=O)c1ccnc(CC(N)=O)n1. The molecule has 80 valence electrons. The van der Waals surface area contributed by atoms with Crippen molar-refractivity contribution in [3.8, 4) is 0 Å². The number of esters is 1. The number of carbonyl (C=O) groups excluding carboxylic acids is 2. The molecule has 0 saturated heterocycles. The Morgan fingerprint density at radius 3 is 2.87 bits per heavy atom. The van der Waals surface area contributed by atoms with Gasteiger partial charge in [-0.3, -0.25) is 4.79 Å². The van der Waals surface area contributed by atoms with Crippen LogP contribution in [0.3, 0.4) is 0 Å². The molecule has 1 heterocycles. The Balaban J connectivity index is 2.82. The molecule has 0 bridgehead atoms. The number of rotatable bonds is 4. The monoisotopic (exact) mass is 209 g/mol. The second kappa shape index (κ2) is 5.04. The van der Waals surface area contributed by atoms with Gasteiger partial charge < -0.3 is 10.5 Å². The van der Waals surface area contributed by atoms with E-state index >= 15 is 0 Å². The van der Waals surface area contributed by atoms with Gasteiger partial charge in [-0.15, -0.1) is 0 Å². The lowest BCUT2D eigenvalue weighted by atomic mass is 10.3. The van der Waals surface area contributed by atoms with Crippen LogP contribution in [0.5, 0.6) is 0 Å². The number of aromatic nitrogens is 2. The largest absolute Gasteiger partial charge is 0.461 e.